The summed E-state index contributed by atoms with van der Waals surface area (Å²) >= 11 is 0. The molecular weight excluding hydrogens is 160 g/mol. The molecule has 0 saturated carbocycles. The molecule has 0 aromatic rings. The monoisotopic (exact) mass is 168 g/mol. The SMILES string of the molecule is B.P.[AlH3].[Zr]. The standard InChI is InChI=1S/Al.BH3.H3P.Zr.3H/h;2*1H3;;;;. The fourth-order valence-electron chi connectivity index (χ4n) is 0. The van der Waals surface area contributed by atoms with Gasteiger partial charge in [-0.3, -0.25) is 0 Å². The average Bonchev–Trinajstić information content (AvgIpc) is 0. The maximum absolute atomic E-state index is 0. The van der Waals surface area contributed by atoms with Gasteiger partial charge in [0.05, 0.1) is 8.41 Å². The minimum absolute atomic E-state index is 0. The van der Waals surface area contributed by atoms with Gasteiger partial charge in [0, 0.05) is 26.2 Å². The molecule has 0 aliphatic carbocycles. The van der Waals surface area contributed by atoms with E-state index in [-0.39, 0.29) is 61.9 Å². The summed E-state index contributed by atoms with van der Waals surface area (Å²) in [6.45, 7) is 0. The molecule has 1 unspecified atom stereocenters. The van der Waals surface area contributed by atoms with Gasteiger partial charge in [0.15, 0.2) is 17.4 Å². The minimum atomic E-state index is 0. The molecule has 24 valence electrons. The molecule has 0 N–H and O–H groups in total. The first-order valence-electron chi connectivity index (χ1n) is 0. The molecule has 0 heterocycles. The summed E-state index contributed by atoms with van der Waals surface area (Å²) in [7, 11) is 0. The van der Waals surface area contributed by atoms with Crippen LogP contribution in [0.4, 0.5) is 0 Å². The fourth-order valence-corrected chi connectivity index (χ4v) is 0. The molecular formula is H9AlBPZr. The number of rotatable bonds is 0. The second-order valence-electron chi connectivity index (χ2n) is 0. The zero-order valence-electron chi connectivity index (χ0n) is 1.21. The van der Waals surface area contributed by atoms with Gasteiger partial charge in [-0.05, 0) is 0 Å². The molecule has 1 atom stereocenters. The quantitative estimate of drug-likeness (QED) is 0.282. The van der Waals surface area contributed by atoms with Gasteiger partial charge in [-0.25, -0.2) is 0 Å². The molecule has 0 fully saturated rings. The fraction of sp³-hybridized carbons (Fsp3) is 0. The van der Waals surface area contributed by atoms with E-state index >= 15 is 0 Å². The van der Waals surface area contributed by atoms with Crippen molar-refractivity contribution in [2.45, 2.75) is 0 Å². The Morgan fingerprint density at radius 2 is 1.00 bits per heavy atom. The van der Waals surface area contributed by atoms with Crippen LogP contribution in [0.15, 0.2) is 0 Å². The average molecular weight is 169 g/mol. The Balaban J connectivity index is 0. The summed E-state index contributed by atoms with van der Waals surface area (Å²) in [4.78, 5) is 0. The molecule has 0 bridgehead atoms. The van der Waals surface area contributed by atoms with E-state index < -0.39 is 0 Å². The molecule has 0 saturated heterocycles. The maximum atomic E-state index is 0. The van der Waals surface area contributed by atoms with Crippen LogP contribution in [0.2, 0.25) is 0 Å². The van der Waals surface area contributed by atoms with Gasteiger partial charge in [-0.15, -0.1) is 0 Å². The second-order valence-corrected chi connectivity index (χ2v) is 0. The van der Waals surface area contributed by atoms with Crippen molar-refractivity contribution >= 4 is 35.7 Å². The van der Waals surface area contributed by atoms with Gasteiger partial charge < -0.3 is 0 Å². The Morgan fingerprint density at radius 3 is 1.00 bits per heavy atom. The Labute approximate surface area is 61.6 Å². The van der Waals surface area contributed by atoms with Crippen LogP contribution >= 0.6 is 9.90 Å². The van der Waals surface area contributed by atoms with E-state index in [1.165, 1.54) is 0 Å². The van der Waals surface area contributed by atoms with E-state index in [9.17, 15) is 0 Å². The second kappa shape index (κ2) is 20.6. The maximum Gasteiger partial charge on any atom is 0.187 e. The normalized spacial score (nSPS) is 0. The van der Waals surface area contributed by atoms with Crippen LogP contribution in [0.5, 0.6) is 0 Å². The van der Waals surface area contributed by atoms with E-state index in [0.717, 1.165) is 0 Å². The molecule has 0 amide bonds. The predicted octanol–water partition coefficient (Wildman–Crippen LogP) is -2.31. The van der Waals surface area contributed by atoms with Gasteiger partial charge in [-0.1, -0.05) is 0 Å². The van der Waals surface area contributed by atoms with Crippen molar-refractivity contribution in [3.05, 3.63) is 0 Å². The van der Waals surface area contributed by atoms with E-state index in [1.54, 1.807) is 0 Å². The Bertz CT molecular complexity index is 8.00. The van der Waals surface area contributed by atoms with Crippen molar-refractivity contribution in [3.63, 3.8) is 0 Å². The summed E-state index contributed by atoms with van der Waals surface area (Å²) in [6, 6.07) is 0. The third-order valence-electron chi connectivity index (χ3n) is 0. The topological polar surface area (TPSA) is 0 Å². The predicted molar refractivity (Wildman–Crippen MR) is 31.0 cm³/mol. The van der Waals surface area contributed by atoms with Crippen molar-refractivity contribution < 1.29 is 26.2 Å². The van der Waals surface area contributed by atoms with Crippen molar-refractivity contribution in [3.8, 4) is 0 Å². The first-order chi connectivity index (χ1) is 0. The molecule has 4 heteroatoms. The molecule has 0 aromatic heterocycles. The van der Waals surface area contributed by atoms with Crippen molar-refractivity contribution in [1.29, 1.82) is 0 Å². The smallest absolute Gasteiger partial charge is 0.153 e. The molecule has 0 spiro atoms. The van der Waals surface area contributed by atoms with Crippen LogP contribution in [-0.4, -0.2) is 25.8 Å². The van der Waals surface area contributed by atoms with Crippen LogP contribution in [0.3, 0.4) is 0 Å². The Kier molecular flexibility index (Phi) is 201. The van der Waals surface area contributed by atoms with Crippen LogP contribution in [0.25, 0.3) is 0 Å². The molecule has 0 aromatic carbocycles. The van der Waals surface area contributed by atoms with Gasteiger partial charge in [0.2, 0.25) is 0 Å². The van der Waals surface area contributed by atoms with Crippen molar-refractivity contribution in [2.75, 3.05) is 0 Å². The minimum Gasteiger partial charge on any atom is -0.153 e. The van der Waals surface area contributed by atoms with Crippen molar-refractivity contribution in [2.24, 2.45) is 0 Å². The van der Waals surface area contributed by atoms with Crippen molar-refractivity contribution in [1.82, 2.24) is 0 Å². The number of hydrogen-bond acceptors (Lipinski definition) is 0. The molecule has 4 heavy (non-hydrogen) atoms. The first-order valence-corrected chi connectivity index (χ1v) is 0. The largest absolute Gasteiger partial charge is 0.187 e. The molecule has 0 radical (unpaired) electrons. The van der Waals surface area contributed by atoms with Gasteiger partial charge in [0.25, 0.3) is 0 Å². The van der Waals surface area contributed by atoms with E-state index in [1.807, 2.05) is 0 Å². The Hall–Kier alpha value is 1.91. The first kappa shape index (κ1) is 39.0. The zero-order chi connectivity index (χ0) is 0. The van der Waals surface area contributed by atoms with Crippen LogP contribution in [-0.2, 0) is 26.2 Å². The summed E-state index contributed by atoms with van der Waals surface area (Å²) in [6.07, 6.45) is 0. The molecule has 0 aliphatic heterocycles. The summed E-state index contributed by atoms with van der Waals surface area (Å²) in [5, 5.41) is 0. The summed E-state index contributed by atoms with van der Waals surface area (Å²) in [5.41, 5.74) is 0. The summed E-state index contributed by atoms with van der Waals surface area (Å²) in [5.74, 6) is 0. The van der Waals surface area contributed by atoms with Crippen LogP contribution in [0.1, 0.15) is 0 Å². The van der Waals surface area contributed by atoms with Crippen LogP contribution < -0.4 is 0 Å². The van der Waals surface area contributed by atoms with E-state index in [2.05, 4.69) is 0 Å². The van der Waals surface area contributed by atoms with Gasteiger partial charge >= 0.3 is 0 Å². The van der Waals surface area contributed by atoms with Gasteiger partial charge in [0.1, 0.15) is 0 Å². The van der Waals surface area contributed by atoms with Gasteiger partial charge in [-0.2, -0.15) is 9.90 Å². The third kappa shape index (κ3) is 9.08. The molecule has 0 nitrogen and oxygen atoms in total. The third-order valence-corrected chi connectivity index (χ3v) is 0. The van der Waals surface area contributed by atoms with E-state index in [0.29, 0.717) is 0 Å². The molecule has 0 aliphatic rings. The van der Waals surface area contributed by atoms with E-state index in [4.69, 9.17) is 0 Å². The molecule has 0 rings (SSSR count). The zero-order valence-corrected chi connectivity index (χ0v) is 5.08. The summed E-state index contributed by atoms with van der Waals surface area (Å²) < 4.78 is 0. The van der Waals surface area contributed by atoms with Crippen LogP contribution in [0, 0.1) is 0 Å². The Morgan fingerprint density at radius 1 is 1.00 bits per heavy atom. The number of hydrogen-bond donors (Lipinski definition) is 0.